The zero-order chi connectivity index (χ0) is 7.98. The molecule has 0 heterocycles. The van der Waals surface area contributed by atoms with Gasteiger partial charge in [-0.2, -0.15) is 0 Å². The van der Waals surface area contributed by atoms with E-state index in [9.17, 15) is 0 Å². The van der Waals surface area contributed by atoms with Crippen LogP contribution in [0.2, 0.25) is 6.55 Å². The highest BCUT2D eigenvalue weighted by Crippen LogP contribution is 2.01. The van der Waals surface area contributed by atoms with E-state index >= 15 is 0 Å². The van der Waals surface area contributed by atoms with Gasteiger partial charge in [-0.3, -0.25) is 0 Å². The van der Waals surface area contributed by atoms with Gasteiger partial charge in [0.2, 0.25) is 0 Å². The molecule has 10 heavy (non-hydrogen) atoms. The van der Waals surface area contributed by atoms with Crippen molar-refractivity contribution in [2.45, 2.75) is 38.8 Å². The van der Waals surface area contributed by atoms with Gasteiger partial charge in [-0.25, -0.2) is 0 Å². The van der Waals surface area contributed by atoms with Crippen LogP contribution in [0.5, 0.6) is 0 Å². The number of hydrogen-bond donors (Lipinski definition) is 0. The van der Waals surface area contributed by atoms with Crippen molar-refractivity contribution >= 4 is 9.52 Å². The highest BCUT2D eigenvalue weighted by molar-refractivity contribution is 6.35. The number of methoxy groups -OCH3 is 1. The summed E-state index contributed by atoms with van der Waals surface area (Å²) in [5.74, 6) is 0. The third-order valence-corrected chi connectivity index (χ3v) is 3.31. The van der Waals surface area contributed by atoms with Crippen molar-refractivity contribution in [2.24, 2.45) is 0 Å². The maximum atomic E-state index is 5.54. The topological polar surface area (TPSA) is 18.5 Å². The van der Waals surface area contributed by atoms with Crippen LogP contribution in [0.4, 0.5) is 0 Å². The summed E-state index contributed by atoms with van der Waals surface area (Å²) in [7, 11) is 1.65. The van der Waals surface area contributed by atoms with Crippen molar-refractivity contribution in [1.29, 1.82) is 0 Å². The molecule has 0 aromatic carbocycles. The second kappa shape index (κ2) is 5.89. The average molecular weight is 162 g/mol. The molecule has 3 heteroatoms. The second-order valence-electron chi connectivity index (χ2n) is 2.38. The molecule has 0 rings (SSSR count). The number of rotatable bonds is 5. The monoisotopic (exact) mass is 162 g/mol. The fourth-order valence-electron chi connectivity index (χ4n) is 0.808. The van der Waals surface area contributed by atoms with E-state index in [2.05, 4.69) is 13.5 Å². The van der Waals surface area contributed by atoms with Crippen LogP contribution in [-0.4, -0.2) is 28.6 Å². The lowest BCUT2D eigenvalue weighted by Crippen LogP contribution is -2.24. The molecule has 0 aromatic rings. The lowest BCUT2D eigenvalue weighted by molar-refractivity contribution is -0.123. The Morgan fingerprint density at radius 1 is 1.50 bits per heavy atom. The molecular formula is C7H18O2Si. The van der Waals surface area contributed by atoms with Gasteiger partial charge in [-0.05, 0) is 13.3 Å². The fourth-order valence-corrected chi connectivity index (χ4v) is 1.85. The first-order valence-corrected chi connectivity index (χ1v) is 6.15. The summed E-state index contributed by atoms with van der Waals surface area (Å²) in [6.45, 7) is 6.35. The van der Waals surface area contributed by atoms with Crippen molar-refractivity contribution in [2.75, 3.05) is 7.11 Å². The molecule has 0 spiro atoms. The van der Waals surface area contributed by atoms with Gasteiger partial charge in [0.05, 0.1) is 9.52 Å². The first kappa shape index (κ1) is 10.1. The maximum Gasteiger partial charge on any atom is 0.154 e. The van der Waals surface area contributed by atoms with Crippen molar-refractivity contribution in [3.05, 3.63) is 0 Å². The lowest BCUT2D eigenvalue weighted by Gasteiger charge is -2.18. The Morgan fingerprint density at radius 2 is 2.10 bits per heavy atom. The summed E-state index contributed by atoms with van der Waals surface area (Å²) >= 11 is 0. The second-order valence-corrected chi connectivity index (χ2v) is 4.11. The molecule has 2 nitrogen and oxygen atoms in total. The Balaban J connectivity index is 3.41. The largest absolute Gasteiger partial charge is 0.356 e. The molecule has 2 unspecified atom stereocenters. The molecule has 0 saturated carbocycles. The summed E-state index contributed by atoms with van der Waals surface area (Å²) in [4.78, 5) is 0. The molecule has 0 aromatic heterocycles. The van der Waals surface area contributed by atoms with Gasteiger partial charge in [-0.15, -0.1) is 0 Å². The highest BCUT2D eigenvalue weighted by Gasteiger charge is 2.07. The third kappa shape index (κ3) is 4.03. The third-order valence-electron chi connectivity index (χ3n) is 1.63. The standard InChI is InChI=1S/C7H18O2Si/c1-5-7(10-4)9-6(2)8-3/h6-7H,5,10H2,1-4H3. The Morgan fingerprint density at radius 3 is 2.40 bits per heavy atom. The summed E-state index contributed by atoms with van der Waals surface area (Å²) in [5, 5.41) is 0. The molecule has 0 N–H and O–H groups in total. The van der Waals surface area contributed by atoms with Crippen LogP contribution < -0.4 is 0 Å². The summed E-state index contributed by atoms with van der Waals surface area (Å²) in [5.41, 5.74) is 0.495. The Hall–Kier alpha value is 0.137. The van der Waals surface area contributed by atoms with E-state index in [4.69, 9.17) is 9.47 Å². The fraction of sp³-hybridized carbons (Fsp3) is 1.00. The minimum atomic E-state index is -0.0302. The van der Waals surface area contributed by atoms with E-state index in [0.717, 1.165) is 6.42 Å². The van der Waals surface area contributed by atoms with E-state index in [1.54, 1.807) is 7.11 Å². The predicted octanol–water partition coefficient (Wildman–Crippen LogP) is 0.948. The minimum absolute atomic E-state index is 0.0264. The molecule has 0 fully saturated rings. The van der Waals surface area contributed by atoms with E-state index in [1.165, 1.54) is 0 Å². The molecule has 0 bridgehead atoms. The van der Waals surface area contributed by atoms with Crippen molar-refractivity contribution in [3.63, 3.8) is 0 Å². The minimum Gasteiger partial charge on any atom is -0.356 e. The summed E-state index contributed by atoms with van der Waals surface area (Å²) in [6.07, 6.45) is 1.09. The van der Waals surface area contributed by atoms with Crippen LogP contribution >= 0.6 is 0 Å². The Labute approximate surface area is 65.7 Å². The molecule has 0 saturated heterocycles. The quantitative estimate of drug-likeness (QED) is 0.442. The molecule has 0 amide bonds. The maximum absolute atomic E-state index is 5.54. The Bertz CT molecular complexity index is 74.0. The van der Waals surface area contributed by atoms with E-state index < -0.39 is 0 Å². The predicted molar refractivity (Wildman–Crippen MR) is 46.0 cm³/mol. The first-order valence-electron chi connectivity index (χ1n) is 3.92. The number of hydrogen-bond acceptors (Lipinski definition) is 2. The van der Waals surface area contributed by atoms with Crippen LogP contribution in [0, 0.1) is 0 Å². The van der Waals surface area contributed by atoms with Crippen LogP contribution in [0.1, 0.15) is 20.3 Å². The van der Waals surface area contributed by atoms with Gasteiger partial charge >= 0.3 is 0 Å². The van der Waals surface area contributed by atoms with Crippen molar-refractivity contribution < 1.29 is 9.47 Å². The summed E-state index contributed by atoms with van der Waals surface area (Å²) in [6, 6.07) is 0. The highest BCUT2D eigenvalue weighted by atomic mass is 28.2. The zero-order valence-electron chi connectivity index (χ0n) is 7.39. The number of ether oxygens (including phenoxy) is 2. The molecule has 62 valence electrons. The average Bonchev–Trinajstić information content (AvgIpc) is 1.99. The molecule has 0 aliphatic rings. The van der Waals surface area contributed by atoms with Crippen LogP contribution in [0.15, 0.2) is 0 Å². The van der Waals surface area contributed by atoms with E-state index in [1.807, 2.05) is 6.92 Å². The zero-order valence-corrected chi connectivity index (χ0v) is 8.80. The van der Waals surface area contributed by atoms with Crippen LogP contribution in [-0.2, 0) is 9.47 Å². The molecule has 0 radical (unpaired) electrons. The Kier molecular flexibility index (Phi) is 5.97. The first-order chi connectivity index (χ1) is 4.74. The summed E-state index contributed by atoms with van der Waals surface area (Å²) < 4.78 is 10.5. The molecular weight excluding hydrogens is 144 g/mol. The van der Waals surface area contributed by atoms with Gasteiger partial charge in [0.25, 0.3) is 0 Å². The van der Waals surface area contributed by atoms with Gasteiger partial charge in [0.1, 0.15) is 0 Å². The van der Waals surface area contributed by atoms with E-state index in [0.29, 0.717) is 5.73 Å². The normalized spacial score (nSPS) is 18.0. The van der Waals surface area contributed by atoms with Crippen molar-refractivity contribution in [1.82, 2.24) is 0 Å². The molecule has 0 aliphatic carbocycles. The van der Waals surface area contributed by atoms with Crippen LogP contribution in [0.25, 0.3) is 0 Å². The molecule has 2 atom stereocenters. The van der Waals surface area contributed by atoms with Crippen molar-refractivity contribution in [3.8, 4) is 0 Å². The van der Waals surface area contributed by atoms with Gasteiger partial charge in [-0.1, -0.05) is 13.5 Å². The van der Waals surface area contributed by atoms with Gasteiger partial charge in [0, 0.05) is 12.8 Å². The molecule has 0 aliphatic heterocycles. The van der Waals surface area contributed by atoms with E-state index in [-0.39, 0.29) is 15.8 Å². The SMILES string of the molecule is CCC(OC(C)OC)[SiH2]C. The van der Waals surface area contributed by atoms with Gasteiger partial charge in [0.15, 0.2) is 6.29 Å². The smallest absolute Gasteiger partial charge is 0.154 e. The van der Waals surface area contributed by atoms with Crippen LogP contribution in [0.3, 0.4) is 0 Å². The van der Waals surface area contributed by atoms with Gasteiger partial charge < -0.3 is 9.47 Å². The lowest BCUT2D eigenvalue weighted by atomic mass is 10.5.